The third-order valence-corrected chi connectivity index (χ3v) is 5.63. The summed E-state index contributed by atoms with van der Waals surface area (Å²) in [7, 11) is -2.53. The van der Waals surface area contributed by atoms with Gasteiger partial charge in [0.05, 0.1) is 26.6 Å². The fourth-order valence-corrected chi connectivity index (χ4v) is 4.05. The van der Waals surface area contributed by atoms with Crippen LogP contribution in [0.4, 0.5) is 11.4 Å². The first-order valence-corrected chi connectivity index (χ1v) is 8.97. The molecule has 0 radical (unpaired) electrons. The van der Waals surface area contributed by atoms with E-state index >= 15 is 0 Å². The van der Waals surface area contributed by atoms with Crippen molar-refractivity contribution in [2.75, 3.05) is 4.72 Å². The molecule has 0 saturated carbocycles. The second-order valence-corrected chi connectivity index (χ2v) is 7.48. The maximum Gasteiger partial charge on any atom is 0.419 e. The van der Waals surface area contributed by atoms with Crippen molar-refractivity contribution in [3.05, 3.63) is 62.1 Å². The number of nitro groups is 1. The quantitative estimate of drug-likeness (QED) is 0.550. The minimum absolute atomic E-state index is 0.0785. The van der Waals surface area contributed by atoms with Gasteiger partial charge < -0.3 is 4.42 Å². The summed E-state index contributed by atoms with van der Waals surface area (Å²) in [6.45, 7) is 3.05. The number of fused-ring (bicyclic) bond motifs is 1. The van der Waals surface area contributed by atoms with Crippen LogP contribution in [0.25, 0.3) is 11.1 Å². The Morgan fingerprint density at radius 3 is 2.58 bits per heavy atom. The molecular weight excluding hydrogens is 362 g/mol. The lowest BCUT2D eigenvalue weighted by atomic mass is 10.2. The van der Waals surface area contributed by atoms with Crippen LogP contribution in [0.3, 0.4) is 0 Å². The Hall–Kier alpha value is -3.14. The molecule has 0 spiro atoms. The average molecular weight is 377 g/mol. The Labute approximate surface area is 148 Å². The number of anilines is 1. The first-order chi connectivity index (χ1) is 12.1. The van der Waals surface area contributed by atoms with E-state index in [0.717, 1.165) is 0 Å². The molecule has 10 heteroatoms. The summed E-state index contributed by atoms with van der Waals surface area (Å²) in [5.74, 6) is -0.601. The Morgan fingerprint density at radius 2 is 1.92 bits per heavy atom. The van der Waals surface area contributed by atoms with Gasteiger partial charge in [0.2, 0.25) is 0 Å². The van der Waals surface area contributed by atoms with Crippen molar-refractivity contribution >= 4 is 32.5 Å². The molecule has 0 aliphatic heterocycles. The molecule has 1 aromatic heterocycles. The van der Waals surface area contributed by atoms with E-state index in [0.29, 0.717) is 11.1 Å². The molecule has 0 atom stereocenters. The number of nitrogens with zero attached hydrogens (tertiary/aromatic N) is 2. The molecule has 0 saturated heterocycles. The highest BCUT2D eigenvalue weighted by Gasteiger charge is 2.22. The molecule has 0 amide bonds. The molecule has 1 N–H and O–H groups in total. The number of hydrogen-bond donors (Lipinski definition) is 1. The summed E-state index contributed by atoms with van der Waals surface area (Å²) in [4.78, 5) is 22.0. The molecule has 0 aliphatic rings. The van der Waals surface area contributed by atoms with Crippen molar-refractivity contribution < 1.29 is 17.8 Å². The maximum atomic E-state index is 12.8. The van der Waals surface area contributed by atoms with E-state index in [1.54, 1.807) is 6.92 Å². The number of benzene rings is 2. The summed E-state index contributed by atoms with van der Waals surface area (Å²) < 4.78 is 34.2. The van der Waals surface area contributed by atoms with E-state index in [4.69, 9.17) is 4.42 Å². The molecule has 0 bridgehead atoms. The highest BCUT2D eigenvalue weighted by molar-refractivity contribution is 7.92. The van der Waals surface area contributed by atoms with Crippen molar-refractivity contribution in [2.24, 2.45) is 7.05 Å². The van der Waals surface area contributed by atoms with Crippen LogP contribution in [0.2, 0.25) is 0 Å². The molecule has 2 aromatic carbocycles. The number of hydrogen-bond acceptors (Lipinski definition) is 6. The lowest BCUT2D eigenvalue weighted by Gasteiger charge is -2.12. The fraction of sp³-hybridized carbons (Fsp3) is 0.188. The summed E-state index contributed by atoms with van der Waals surface area (Å²) in [5, 5.41) is 11.0. The normalized spacial score (nSPS) is 11.7. The van der Waals surface area contributed by atoms with E-state index in [1.165, 1.54) is 48.9 Å². The second-order valence-electron chi connectivity index (χ2n) is 5.82. The molecule has 0 unspecified atom stereocenters. The van der Waals surface area contributed by atoms with Gasteiger partial charge in [0, 0.05) is 19.2 Å². The van der Waals surface area contributed by atoms with Crippen molar-refractivity contribution in [3.8, 4) is 0 Å². The van der Waals surface area contributed by atoms with Gasteiger partial charge in [0.1, 0.15) is 0 Å². The van der Waals surface area contributed by atoms with Gasteiger partial charge in [0.15, 0.2) is 5.58 Å². The number of nitro benzene ring substituents is 1. The minimum Gasteiger partial charge on any atom is -0.408 e. The number of nitrogens with one attached hydrogen (secondary N) is 1. The predicted molar refractivity (Wildman–Crippen MR) is 94.8 cm³/mol. The average Bonchev–Trinajstić information content (AvgIpc) is 2.83. The number of aryl methyl sites for hydroxylation is 2. The van der Waals surface area contributed by atoms with Crippen LogP contribution in [-0.4, -0.2) is 17.9 Å². The highest BCUT2D eigenvalue weighted by atomic mass is 32.2. The second kappa shape index (κ2) is 5.99. The molecule has 3 rings (SSSR count). The van der Waals surface area contributed by atoms with Gasteiger partial charge in [0.25, 0.3) is 15.7 Å². The third-order valence-electron chi connectivity index (χ3n) is 4.12. The van der Waals surface area contributed by atoms with Gasteiger partial charge in [-0.15, -0.1) is 0 Å². The smallest absolute Gasteiger partial charge is 0.408 e. The first kappa shape index (κ1) is 17.7. The van der Waals surface area contributed by atoms with Gasteiger partial charge in [-0.3, -0.25) is 19.4 Å². The lowest BCUT2D eigenvalue weighted by molar-refractivity contribution is -0.385. The third kappa shape index (κ3) is 2.84. The minimum atomic E-state index is -4.05. The van der Waals surface area contributed by atoms with Crippen molar-refractivity contribution in [2.45, 2.75) is 18.7 Å². The Balaban J connectivity index is 2.11. The number of sulfonamides is 1. The van der Waals surface area contributed by atoms with Crippen LogP contribution in [-0.2, 0) is 17.1 Å². The van der Waals surface area contributed by atoms with Crippen molar-refractivity contribution in [1.82, 2.24) is 4.57 Å². The molecule has 9 nitrogen and oxygen atoms in total. The Bertz CT molecular complexity index is 1210. The van der Waals surface area contributed by atoms with E-state index < -0.39 is 20.7 Å². The number of aromatic nitrogens is 1. The van der Waals surface area contributed by atoms with Crippen LogP contribution in [0.1, 0.15) is 11.1 Å². The van der Waals surface area contributed by atoms with Crippen LogP contribution in [0, 0.1) is 24.0 Å². The van der Waals surface area contributed by atoms with Crippen molar-refractivity contribution in [1.29, 1.82) is 0 Å². The van der Waals surface area contributed by atoms with Gasteiger partial charge in [-0.2, -0.15) is 0 Å². The maximum absolute atomic E-state index is 12.8. The zero-order valence-corrected chi connectivity index (χ0v) is 15.0. The molecule has 1 heterocycles. The summed E-state index contributed by atoms with van der Waals surface area (Å²) >= 11 is 0. The van der Waals surface area contributed by atoms with Crippen LogP contribution in [0.5, 0.6) is 0 Å². The molecule has 3 aromatic rings. The monoisotopic (exact) mass is 377 g/mol. The summed E-state index contributed by atoms with van der Waals surface area (Å²) in [5.41, 5.74) is 1.13. The fourth-order valence-electron chi connectivity index (χ4n) is 2.68. The number of rotatable bonds is 4. The van der Waals surface area contributed by atoms with Gasteiger partial charge >= 0.3 is 5.76 Å². The molecular formula is C16H15N3O6S. The van der Waals surface area contributed by atoms with Crippen LogP contribution < -0.4 is 10.5 Å². The first-order valence-electron chi connectivity index (χ1n) is 7.49. The van der Waals surface area contributed by atoms with Crippen LogP contribution in [0.15, 0.2) is 44.4 Å². The molecule has 0 aliphatic carbocycles. The Kier molecular flexibility index (Phi) is 4.07. The zero-order chi connectivity index (χ0) is 19.2. The van der Waals surface area contributed by atoms with Gasteiger partial charge in [-0.25, -0.2) is 13.2 Å². The largest absolute Gasteiger partial charge is 0.419 e. The van der Waals surface area contributed by atoms with Crippen LogP contribution >= 0.6 is 0 Å². The van der Waals surface area contributed by atoms with Gasteiger partial charge in [-0.1, -0.05) is 6.07 Å². The zero-order valence-electron chi connectivity index (χ0n) is 14.1. The summed E-state index contributed by atoms with van der Waals surface area (Å²) in [6, 6.07) is 6.94. The predicted octanol–water partition coefficient (Wildman–Crippen LogP) is 2.46. The SMILES string of the molecule is Cc1cc2c(cc1S(=O)(=O)Nc1cccc([N+](=O)[O-])c1C)oc(=O)n2C. The van der Waals surface area contributed by atoms with Gasteiger partial charge in [-0.05, 0) is 31.5 Å². The number of oxazole rings is 1. The van der Waals surface area contributed by atoms with E-state index in [2.05, 4.69) is 4.72 Å². The molecule has 0 fully saturated rings. The van der Waals surface area contributed by atoms with E-state index in [9.17, 15) is 23.3 Å². The lowest BCUT2D eigenvalue weighted by Crippen LogP contribution is -2.15. The van der Waals surface area contributed by atoms with E-state index in [1.807, 2.05) is 0 Å². The Morgan fingerprint density at radius 1 is 1.23 bits per heavy atom. The highest BCUT2D eigenvalue weighted by Crippen LogP contribution is 2.29. The summed E-state index contributed by atoms with van der Waals surface area (Å²) in [6.07, 6.45) is 0. The van der Waals surface area contributed by atoms with E-state index in [-0.39, 0.29) is 27.4 Å². The topological polar surface area (TPSA) is 124 Å². The molecule has 136 valence electrons. The standard InChI is InChI=1S/C16H15N3O6S/c1-9-7-13-14(25-16(20)18(13)3)8-15(9)26(23,24)17-11-5-4-6-12(10(11)2)19(21)22/h4-8,17H,1-3H3. The molecule has 26 heavy (non-hydrogen) atoms. The van der Waals surface area contributed by atoms with Crippen molar-refractivity contribution in [3.63, 3.8) is 0 Å².